The number of hydrogen-bond acceptors (Lipinski definition) is 20. The molecule has 0 N–H and O–H groups in total. The fourth-order valence-electron chi connectivity index (χ4n) is 4.67. The quantitative estimate of drug-likeness (QED) is 0.0216. The van der Waals surface area contributed by atoms with Gasteiger partial charge in [0.15, 0.2) is 11.5 Å². The Bertz CT molecular complexity index is 2540. The summed E-state index contributed by atoms with van der Waals surface area (Å²) in [5, 5.41) is 0. The van der Waals surface area contributed by atoms with Gasteiger partial charge in [0.2, 0.25) is 0 Å². The van der Waals surface area contributed by atoms with Crippen molar-refractivity contribution in [1.82, 2.24) is 0 Å². The van der Waals surface area contributed by atoms with Crippen LogP contribution in [0.25, 0.3) is 0 Å². The van der Waals surface area contributed by atoms with Gasteiger partial charge in [0.25, 0.3) is 0 Å². The number of carbonyl (C=O) groups excluding carboxylic acids is 10. The van der Waals surface area contributed by atoms with Crippen molar-refractivity contribution >= 4 is 59.7 Å². The molecule has 0 unspecified atom stereocenters. The van der Waals surface area contributed by atoms with E-state index in [0.717, 1.165) is 76.9 Å². The summed E-state index contributed by atoms with van der Waals surface area (Å²) in [5.41, 5.74) is 2.83. The van der Waals surface area contributed by atoms with Crippen LogP contribution in [0.1, 0.15) is 49.4 Å². The molecule has 0 atom stereocenters. The minimum absolute atomic E-state index is 0.118. The van der Waals surface area contributed by atoms with E-state index in [1.807, 2.05) is 38.1 Å². The second kappa shape index (κ2) is 44.8. The molecule has 0 heterocycles. The molecule has 0 aliphatic rings. The van der Waals surface area contributed by atoms with Gasteiger partial charge < -0.3 is 47.4 Å². The van der Waals surface area contributed by atoms with Crippen LogP contribution in [0.15, 0.2) is 199 Å². The smallest absolute Gasteiger partial charge is 0.335 e. The van der Waals surface area contributed by atoms with E-state index in [4.69, 9.17) is 37.9 Å². The SMILES string of the molecule is C=CC(=O)OC/C=C\COC(=O)C=C.C=CC(=O)OCC(C)(C)COC(=O)CC.C=CC(=O)OCc1cccc(COC(=O)C=C)c1.C=CC(=O)OCc1ccccc1COC(=O)C=C.C=CC(=O)Oc1ccccc1OC(=O)C=C. The molecule has 0 saturated heterocycles. The number of rotatable bonds is 28. The van der Waals surface area contributed by atoms with Crippen LogP contribution in [0.3, 0.4) is 0 Å². The summed E-state index contributed by atoms with van der Waals surface area (Å²) in [4.78, 5) is 108. The third kappa shape index (κ3) is 38.9. The Kier molecular flexibility index (Phi) is 40.3. The lowest BCUT2D eigenvalue weighted by Gasteiger charge is -2.23. The monoisotopic (exact) mass is 1120 g/mol. The Morgan fingerprint density at radius 2 is 0.691 bits per heavy atom. The third-order valence-corrected chi connectivity index (χ3v) is 8.71. The van der Waals surface area contributed by atoms with Crippen LogP contribution in [-0.2, 0) is 112 Å². The summed E-state index contributed by atoms with van der Waals surface area (Å²) in [6.07, 6.45) is 13.2. The van der Waals surface area contributed by atoms with Crippen LogP contribution in [0, 0.1) is 5.41 Å². The Hall–Kier alpha value is -10.2. The van der Waals surface area contributed by atoms with Crippen molar-refractivity contribution in [2.75, 3.05) is 26.4 Å². The Morgan fingerprint density at radius 1 is 0.383 bits per heavy atom. The molecule has 0 amide bonds. The first kappa shape index (κ1) is 72.8. The number of ether oxygens (including phenoxy) is 10. The molecular formula is C61H68O20. The maximum atomic E-state index is 11.0. The minimum atomic E-state index is -0.623. The van der Waals surface area contributed by atoms with Gasteiger partial charge >= 0.3 is 59.7 Å². The van der Waals surface area contributed by atoms with E-state index >= 15 is 0 Å². The molecule has 0 aromatic heterocycles. The molecule has 81 heavy (non-hydrogen) atoms. The van der Waals surface area contributed by atoms with E-state index in [9.17, 15) is 47.9 Å². The van der Waals surface area contributed by atoms with E-state index in [1.165, 1.54) is 12.1 Å². The van der Waals surface area contributed by atoms with Gasteiger partial charge in [-0.1, -0.05) is 135 Å². The lowest BCUT2D eigenvalue weighted by molar-refractivity contribution is -0.150. The first-order valence-electron chi connectivity index (χ1n) is 23.9. The van der Waals surface area contributed by atoms with Crippen molar-refractivity contribution in [2.24, 2.45) is 5.41 Å². The zero-order chi connectivity index (χ0) is 61.4. The van der Waals surface area contributed by atoms with Crippen LogP contribution in [0.2, 0.25) is 0 Å². The summed E-state index contributed by atoms with van der Waals surface area (Å²) < 4.78 is 48.5. The van der Waals surface area contributed by atoms with Crippen LogP contribution in [0.4, 0.5) is 0 Å². The Labute approximate surface area is 471 Å². The number of benzene rings is 3. The highest BCUT2D eigenvalue weighted by Crippen LogP contribution is 2.27. The maximum Gasteiger partial charge on any atom is 0.335 e. The van der Waals surface area contributed by atoms with Crippen LogP contribution < -0.4 is 9.47 Å². The first-order chi connectivity index (χ1) is 38.6. The summed E-state index contributed by atoms with van der Waals surface area (Å²) in [6, 6.07) is 20.8. The fourth-order valence-corrected chi connectivity index (χ4v) is 4.67. The molecule has 0 aliphatic heterocycles. The molecule has 20 heteroatoms. The number of carbonyl (C=O) groups is 10. The van der Waals surface area contributed by atoms with Crippen LogP contribution >= 0.6 is 0 Å². The number of hydrogen-bond donors (Lipinski definition) is 0. The summed E-state index contributed by atoms with van der Waals surface area (Å²) in [7, 11) is 0. The van der Waals surface area contributed by atoms with Gasteiger partial charge in [-0.3, -0.25) is 4.79 Å². The predicted octanol–water partition coefficient (Wildman–Crippen LogP) is 8.86. The van der Waals surface area contributed by atoms with Crippen LogP contribution in [0.5, 0.6) is 11.5 Å². The molecule has 0 aliphatic carbocycles. The van der Waals surface area contributed by atoms with Gasteiger partial charge in [0.1, 0.15) is 39.6 Å². The van der Waals surface area contributed by atoms with E-state index in [0.29, 0.717) is 6.42 Å². The molecule has 0 fully saturated rings. The largest absolute Gasteiger partial charge is 0.465 e. The summed E-state index contributed by atoms with van der Waals surface area (Å²) >= 11 is 0. The van der Waals surface area contributed by atoms with E-state index in [-0.39, 0.29) is 75.7 Å². The van der Waals surface area contributed by atoms with Gasteiger partial charge in [0, 0.05) is 66.5 Å². The fraction of sp³-hybridized carbons (Fsp3) is 0.213. The third-order valence-electron chi connectivity index (χ3n) is 8.71. The highest BCUT2D eigenvalue weighted by Gasteiger charge is 2.22. The highest BCUT2D eigenvalue weighted by molar-refractivity contribution is 5.86. The molecule has 0 saturated carbocycles. The average Bonchev–Trinajstić information content (AvgIpc) is 3.49. The zero-order valence-electron chi connectivity index (χ0n) is 45.7. The molecule has 432 valence electrons. The van der Waals surface area contributed by atoms with Crippen molar-refractivity contribution < 1.29 is 95.3 Å². The second-order valence-electron chi connectivity index (χ2n) is 15.7. The van der Waals surface area contributed by atoms with Gasteiger partial charge in [0.05, 0.1) is 13.2 Å². The van der Waals surface area contributed by atoms with Crippen molar-refractivity contribution in [1.29, 1.82) is 0 Å². The van der Waals surface area contributed by atoms with Crippen molar-refractivity contribution in [3.8, 4) is 11.5 Å². The maximum absolute atomic E-state index is 11.0. The number of esters is 10. The molecule has 3 rings (SSSR count). The van der Waals surface area contributed by atoms with E-state index in [1.54, 1.807) is 55.5 Å². The zero-order valence-corrected chi connectivity index (χ0v) is 45.7. The Morgan fingerprint density at radius 3 is 1.04 bits per heavy atom. The molecule has 0 bridgehead atoms. The van der Waals surface area contributed by atoms with Crippen molar-refractivity contribution in [3.63, 3.8) is 0 Å². The molecule has 3 aromatic rings. The average molecular weight is 1120 g/mol. The lowest BCUT2D eigenvalue weighted by Crippen LogP contribution is -2.28. The van der Waals surface area contributed by atoms with Crippen molar-refractivity contribution in [3.05, 3.63) is 221 Å². The van der Waals surface area contributed by atoms with Gasteiger partial charge in [-0.25, -0.2) is 43.2 Å². The summed E-state index contributed by atoms with van der Waals surface area (Å²) in [5.74, 6) is -4.56. The van der Waals surface area contributed by atoms with Crippen molar-refractivity contribution in [2.45, 2.75) is 53.6 Å². The number of para-hydroxylation sites is 2. The molecule has 20 nitrogen and oxygen atoms in total. The second-order valence-corrected chi connectivity index (χ2v) is 15.7. The van der Waals surface area contributed by atoms with Gasteiger partial charge in [-0.05, 0) is 52.6 Å². The standard InChI is InChI=1S/2C14H14O4.C12H10O4.C11H18O4.C10H12O4/c1-3-13(15)17-9-11-6-5-7-12(8-11)10-18-14(16)4-2;1-3-13(15)17-9-11-7-5-6-8-12(11)10-18-14(16)4-2;1-3-11(13)15-9-7-5-6-8-10(9)16-12(14)4-2;1-5-9(12)14-7-11(3,4)8-15-10(13)6-2;1-3-9(11)13-7-5-6-8-14-10(12)4-2/h2*3-8H,1-2,9-10H2;3-8H,1-2H2;5H,1,6-8H2,2-4H3;3-6H,1-2,7-8H2/b;;;;6-5-. The van der Waals surface area contributed by atoms with Crippen LogP contribution in [-0.4, -0.2) is 86.1 Å². The highest BCUT2D eigenvalue weighted by atomic mass is 16.6. The minimum Gasteiger partial charge on any atom is -0.465 e. The first-order valence-corrected chi connectivity index (χ1v) is 23.9. The van der Waals surface area contributed by atoms with E-state index < -0.39 is 53.7 Å². The molecular weight excluding hydrogens is 1050 g/mol. The molecule has 0 spiro atoms. The molecule has 0 radical (unpaired) electrons. The predicted molar refractivity (Wildman–Crippen MR) is 299 cm³/mol. The topological polar surface area (TPSA) is 263 Å². The van der Waals surface area contributed by atoms with Gasteiger partial charge in [-0.15, -0.1) is 0 Å². The lowest BCUT2D eigenvalue weighted by atomic mass is 9.96. The Balaban J connectivity index is 0. The summed E-state index contributed by atoms with van der Waals surface area (Å²) in [6.45, 7) is 36.2. The molecule has 3 aromatic carbocycles. The van der Waals surface area contributed by atoms with E-state index in [2.05, 4.69) is 68.7 Å². The normalized spacial score (nSPS) is 9.52. The van der Waals surface area contributed by atoms with Gasteiger partial charge in [-0.2, -0.15) is 0 Å².